The van der Waals surface area contributed by atoms with Crippen LogP contribution >= 0.6 is 0 Å². The van der Waals surface area contributed by atoms with Crippen LogP contribution in [-0.2, 0) is 0 Å². The summed E-state index contributed by atoms with van der Waals surface area (Å²) in [5.41, 5.74) is 1.23. The molecule has 2 N–H and O–H groups in total. The van der Waals surface area contributed by atoms with Crippen molar-refractivity contribution in [3.8, 4) is 11.8 Å². The van der Waals surface area contributed by atoms with Crippen molar-refractivity contribution in [3.63, 3.8) is 0 Å². The van der Waals surface area contributed by atoms with E-state index in [1.807, 2.05) is 6.92 Å². The van der Waals surface area contributed by atoms with E-state index >= 15 is 0 Å². The van der Waals surface area contributed by atoms with Crippen molar-refractivity contribution >= 4 is 5.91 Å². The number of aliphatic hydroxyl groups is 1. The van der Waals surface area contributed by atoms with Crippen LogP contribution in [0.4, 0.5) is 0 Å². The van der Waals surface area contributed by atoms with E-state index in [2.05, 4.69) is 22.1 Å². The lowest BCUT2D eigenvalue weighted by molar-refractivity contribution is 0.0935. The average Bonchev–Trinajstić information content (AvgIpc) is 3.23. The molecular formula is C15H18N2O2. The van der Waals surface area contributed by atoms with E-state index in [1.54, 1.807) is 18.5 Å². The molecule has 1 atom stereocenters. The van der Waals surface area contributed by atoms with Gasteiger partial charge in [-0.1, -0.05) is 11.8 Å². The van der Waals surface area contributed by atoms with Crippen molar-refractivity contribution in [1.29, 1.82) is 0 Å². The molecule has 4 heteroatoms. The molecule has 100 valence electrons. The van der Waals surface area contributed by atoms with Gasteiger partial charge in [0.1, 0.15) is 0 Å². The number of hydrogen-bond donors (Lipinski definition) is 2. The lowest BCUT2D eigenvalue weighted by atomic mass is 10.1. The zero-order chi connectivity index (χ0) is 13.7. The molecule has 1 aromatic rings. The van der Waals surface area contributed by atoms with Gasteiger partial charge >= 0.3 is 0 Å². The third-order valence-corrected chi connectivity index (χ3v) is 3.16. The van der Waals surface area contributed by atoms with Crippen LogP contribution in [0.1, 0.15) is 42.1 Å². The van der Waals surface area contributed by atoms with Gasteiger partial charge < -0.3 is 10.4 Å². The molecule has 0 aromatic carbocycles. The van der Waals surface area contributed by atoms with Crippen molar-refractivity contribution in [2.45, 2.75) is 32.2 Å². The summed E-state index contributed by atoms with van der Waals surface area (Å²) >= 11 is 0. The standard InChI is InChI=1S/C15H18N2O2/c1-11(13-5-6-13)17-15(19)14-8-12(9-16-10-14)4-2-3-7-18/h8-11,13,18H,3,5-7H2,1H3,(H,17,19). The highest BCUT2D eigenvalue weighted by Gasteiger charge is 2.29. The molecule has 2 rings (SSSR count). The minimum absolute atomic E-state index is 0.0412. The van der Waals surface area contributed by atoms with E-state index in [0.717, 1.165) is 0 Å². The van der Waals surface area contributed by atoms with Crippen LogP contribution in [0.15, 0.2) is 18.5 Å². The quantitative estimate of drug-likeness (QED) is 0.801. The van der Waals surface area contributed by atoms with Gasteiger partial charge in [0.05, 0.1) is 12.2 Å². The van der Waals surface area contributed by atoms with E-state index < -0.39 is 0 Å². The third kappa shape index (κ3) is 4.08. The highest BCUT2D eigenvalue weighted by atomic mass is 16.2. The van der Waals surface area contributed by atoms with Gasteiger partial charge in [0, 0.05) is 30.4 Å². The second-order valence-electron chi connectivity index (χ2n) is 4.84. The van der Waals surface area contributed by atoms with E-state index in [9.17, 15) is 4.79 Å². The van der Waals surface area contributed by atoms with Gasteiger partial charge in [0.15, 0.2) is 0 Å². The maximum atomic E-state index is 12.0. The van der Waals surface area contributed by atoms with Crippen molar-refractivity contribution < 1.29 is 9.90 Å². The van der Waals surface area contributed by atoms with Gasteiger partial charge in [-0.2, -0.15) is 0 Å². The molecule has 1 saturated carbocycles. The summed E-state index contributed by atoms with van der Waals surface area (Å²) < 4.78 is 0. The van der Waals surface area contributed by atoms with Gasteiger partial charge in [-0.25, -0.2) is 0 Å². The Morgan fingerprint density at radius 1 is 1.58 bits per heavy atom. The first-order chi connectivity index (χ1) is 9.20. The van der Waals surface area contributed by atoms with Crippen molar-refractivity contribution in [3.05, 3.63) is 29.6 Å². The van der Waals surface area contributed by atoms with Crippen LogP contribution < -0.4 is 5.32 Å². The van der Waals surface area contributed by atoms with Crippen LogP contribution in [0.2, 0.25) is 0 Å². The molecule has 0 radical (unpaired) electrons. The third-order valence-electron chi connectivity index (χ3n) is 3.16. The lowest BCUT2D eigenvalue weighted by Crippen LogP contribution is -2.34. The smallest absolute Gasteiger partial charge is 0.253 e. The first-order valence-corrected chi connectivity index (χ1v) is 6.56. The molecular weight excluding hydrogens is 240 g/mol. The molecule has 1 aliphatic rings. The minimum Gasteiger partial charge on any atom is -0.395 e. The maximum absolute atomic E-state index is 12.0. The number of pyridine rings is 1. The largest absolute Gasteiger partial charge is 0.395 e. The van der Waals surface area contributed by atoms with Gasteiger partial charge in [-0.15, -0.1) is 0 Å². The molecule has 1 amide bonds. The highest BCUT2D eigenvalue weighted by molar-refractivity contribution is 5.94. The SMILES string of the molecule is CC(NC(=O)c1cncc(C#CCCO)c1)C1CC1. The molecule has 0 bridgehead atoms. The Kier molecular flexibility index (Phi) is 4.53. The Morgan fingerprint density at radius 3 is 3.05 bits per heavy atom. The van der Waals surface area contributed by atoms with Crippen LogP contribution in [0.25, 0.3) is 0 Å². The average molecular weight is 258 g/mol. The monoisotopic (exact) mass is 258 g/mol. The number of hydrogen-bond acceptors (Lipinski definition) is 3. The Labute approximate surface area is 113 Å². The highest BCUT2D eigenvalue weighted by Crippen LogP contribution is 2.32. The van der Waals surface area contributed by atoms with Crippen LogP contribution in [-0.4, -0.2) is 28.6 Å². The van der Waals surface area contributed by atoms with E-state index in [4.69, 9.17) is 5.11 Å². The first-order valence-electron chi connectivity index (χ1n) is 6.56. The molecule has 19 heavy (non-hydrogen) atoms. The summed E-state index contributed by atoms with van der Waals surface area (Å²) in [6.07, 6.45) is 5.99. The lowest BCUT2D eigenvalue weighted by Gasteiger charge is -2.12. The van der Waals surface area contributed by atoms with E-state index in [1.165, 1.54) is 12.8 Å². The molecule has 0 aliphatic heterocycles. The summed E-state index contributed by atoms with van der Waals surface area (Å²) in [7, 11) is 0. The van der Waals surface area contributed by atoms with Crippen LogP contribution in [0.3, 0.4) is 0 Å². The second-order valence-corrected chi connectivity index (χ2v) is 4.84. The first kappa shape index (κ1) is 13.6. The van der Waals surface area contributed by atoms with E-state index in [0.29, 0.717) is 23.5 Å². The molecule has 0 saturated heterocycles. The van der Waals surface area contributed by atoms with Crippen molar-refractivity contribution in [2.24, 2.45) is 5.92 Å². The fourth-order valence-electron chi connectivity index (χ4n) is 1.86. The van der Waals surface area contributed by atoms with Crippen LogP contribution in [0, 0.1) is 17.8 Å². The number of nitrogens with one attached hydrogen (secondary N) is 1. The van der Waals surface area contributed by atoms with Crippen LogP contribution in [0.5, 0.6) is 0 Å². The zero-order valence-electron chi connectivity index (χ0n) is 11.0. The Hall–Kier alpha value is -1.86. The number of rotatable bonds is 4. The van der Waals surface area contributed by atoms with Gasteiger partial charge in [-0.05, 0) is 31.7 Å². The summed E-state index contributed by atoms with van der Waals surface area (Å²) in [4.78, 5) is 16.1. The minimum atomic E-state index is -0.0993. The van der Waals surface area contributed by atoms with Crippen molar-refractivity contribution in [2.75, 3.05) is 6.61 Å². The Bertz CT molecular complexity index is 512. The van der Waals surface area contributed by atoms with Gasteiger partial charge in [-0.3, -0.25) is 9.78 Å². The normalized spacial score (nSPS) is 15.3. The summed E-state index contributed by atoms with van der Waals surface area (Å²) in [6, 6.07) is 1.95. The molecule has 1 aliphatic carbocycles. The molecule has 0 spiro atoms. The summed E-state index contributed by atoms with van der Waals surface area (Å²) in [5, 5.41) is 11.6. The van der Waals surface area contributed by atoms with Gasteiger partial charge in [0.25, 0.3) is 5.91 Å². The number of carbonyl (C=O) groups is 1. The van der Waals surface area contributed by atoms with E-state index in [-0.39, 0.29) is 18.6 Å². The molecule has 1 aromatic heterocycles. The number of aliphatic hydroxyl groups excluding tert-OH is 1. The number of carbonyl (C=O) groups excluding carboxylic acids is 1. The fourth-order valence-corrected chi connectivity index (χ4v) is 1.86. The Balaban J connectivity index is 2.01. The fraction of sp³-hybridized carbons (Fsp3) is 0.467. The number of amides is 1. The predicted molar refractivity (Wildman–Crippen MR) is 72.5 cm³/mol. The maximum Gasteiger partial charge on any atom is 0.253 e. The summed E-state index contributed by atoms with van der Waals surface area (Å²) in [5.74, 6) is 6.22. The zero-order valence-corrected chi connectivity index (χ0v) is 11.0. The van der Waals surface area contributed by atoms with Gasteiger partial charge in [0.2, 0.25) is 0 Å². The number of aromatic nitrogens is 1. The molecule has 4 nitrogen and oxygen atoms in total. The topological polar surface area (TPSA) is 62.2 Å². The molecule has 1 fully saturated rings. The van der Waals surface area contributed by atoms with Crippen molar-refractivity contribution in [1.82, 2.24) is 10.3 Å². The molecule has 1 unspecified atom stereocenters. The predicted octanol–water partition coefficient (Wildman–Crippen LogP) is 1.34. The second kappa shape index (κ2) is 6.35. The molecule has 1 heterocycles. The Morgan fingerprint density at radius 2 is 2.37 bits per heavy atom. The number of nitrogens with zero attached hydrogens (tertiary/aromatic N) is 1. The summed E-state index contributed by atoms with van der Waals surface area (Å²) in [6.45, 7) is 2.08.